The summed E-state index contributed by atoms with van der Waals surface area (Å²) >= 11 is 0. The Labute approximate surface area is 103 Å². The second-order valence-corrected chi connectivity index (χ2v) is 3.97. The minimum atomic E-state index is 0.275. The topological polar surface area (TPSA) is 62.3 Å². The van der Waals surface area contributed by atoms with E-state index in [0.29, 0.717) is 17.9 Å². The molecule has 0 saturated carbocycles. The van der Waals surface area contributed by atoms with Gasteiger partial charge in [0.15, 0.2) is 0 Å². The summed E-state index contributed by atoms with van der Waals surface area (Å²) in [5.74, 6) is 0. The Morgan fingerprint density at radius 1 is 1.53 bits per heavy atom. The van der Waals surface area contributed by atoms with Crippen LogP contribution in [0.1, 0.15) is 19.4 Å². The first-order chi connectivity index (χ1) is 8.13. The van der Waals surface area contributed by atoms with Crippen molar-refractivity contribution in [3.8, 4) is 6.07 Å². The molecule has 0 spiro atoms. The van der Waals surface area contributed by atoms with E-state index >= 15 is 0 Å². The highest BCUT2D eigenvalue weighted by Crippen LogP contribution is 2.22. The van der Waals surface area contributed by atoms with Crippen LogP contribution in [-0.2, 0) is 4.74 Å². The zero-order valence-corrected chi connectivity index (χ0v) is 10.6. The summed E-state index contributed by atoms with van der Waals surface area (Å²) < 4.78 is 5.16. The van der Waals surface area contributed by atoms with Gasteiger partial charge in [-0.25, -0.2) is 0 Å². The number of benzene rings is 1. The molecule has 0 aromatic heterocycles. The smallest absolute Gasteiger partial charge is 0.101 e. The molecule has 1 atom stereocenters. The maximum Gasteiger partial charge on any atom is 0.101 e. The molecule has 2 N–H and O–H groups in total. The van der Waals surface area contributed by atoms with E-state index in [1.807, 2.05) is 12.1 Å². The summed E-state index contributed by atoms with van der Waals surface area (Å²) in [7, 11) is 1.69. The van der Waals surface area contributed by atoms with Crippen LogP contribution in [0, 0.1) is 11.3 Å². The van der Waals surface area contributed by atoms with E-state index in [9.17, 15) is 0 Å². The van der Waals surface area contributed by atoms with Crippen molar-refractivity contribution in [1.29, 1.82) is 5.26 Å². The summed E-state index contributed by atoms with van der Waals surface area (Å²) in [5.41, 5.74) is 7.88. The van der Waals surface area contributed by atoms with Gasteiger partial charge in [-0.2, -0.15) is 5.26 Å². The summed E-state index contributed by atoms with van der Waals surface area (Å²) in [5, 5.41) is 8.83. The zero-order valence-electron chi connectivity index (χ0n) is 10.6. The molecule has 0 aliphatic heterocycles. The van der Waals surface area contributed by atoms with Crippen LogP contribution in [0.5, 0.6) is 0 Å². The quantitative estimate of drug-likeness (QED) is 0.790. The number of rotatable bonds is 5. The van der Waals surface area contributed by atoms with Gasteiger partial charge >= 0.3 is 0 Å². The first kappa shape index (κ1) is 13.3. The molecule has 0 saturated heterocycles. The van der Waals surface area contributed by atoms with E-state index in [0.717, 1.165) is 12.2 Å². The monoisotopic (exact) mass is 233 g/mol. The maximum absolute atomic E-state index is 8.83. The summed E-state index contributed by atoms with van der Waals surface area (Å²) in [6.07, 6.45) is 0. The average molecular weight is 233 g/mol. The Morgan fingerprint density at radius 3 is 2.71 bits per heavy atom. The van der Waals surface area contributed by atoms with Crippen molar-refractivity contribution in [3.05, 3.63) is 23.8 Å². The molecule has 92 valence electrons. The van der Waals surface area contributed by atoms with Crippen molar-refractivity contribution in [2.75, 3.05) is 30.9 Å². The molecule has 0 heterocycles. The van der Waals surface area contributed by atoms with E-state index < -0.39 is 0 Å². The zero-order chi connectivity index (χ0) is 12.8. The molecule has 1 aromatic rings. The minimum absolute atomic E-state index is 0.275. The highest BCUT2D eigenvalue weighted by atomic mass is 16.5. The Bertz CT molecular complexity index is 412. The average Bonchev–Trinajstić information content (AvgIpc) is 2.30. The van der Waals surface area contributed by atoms with Crippen molar-refractivity contribution in [2.24, 2.45) is 0 Å². The lowest BCUT2D eigenvalue weighted by Gasteiger charge is -2.30. The lowest BCUT2D eigenvalue weighted by atomic mass is 10.1. The van der Waals surface area contributed by atoms with Crippen LogP contribution in [-0.4, -0.2) is 26.3 Å². The number of nitrogens with zero attached hydrogens (tertiary/aromatic N) is 2. The number of ether oxygens (including phenoxy) is 1. The van der Waals surface area contributed by atoms with Gasteiger partial charge in [0.1, 0.15) is 6.07 Å². The molecular weight excluding hydrogens is 214 g/mol. The van der Waals surface area contributed by atoms with Crippen LogP contribution < -0.4 is 10.6 Å². The minimum Gasteiger partial charge on any atom is -0.398 e. The van der Waals surface area contributed by atoms with E-state index in [4.69, 9.17) is 15.7 Å². The van der Waals surface area contributed by atoms with Crippen LogP contribution >= 0.6 is 0 Å². The van der Waals surface area contributed by atoms with Crippen molar-refractivity contribution < 1.29 is 4.74 Å². The van der Waals surface area contributed by atoms with Gasteiger partial charge in [-0.3, -0.25) is 0 Å². The molecule has 0 aliphatic rings. The SMILES string of the molecule is CCN(c1ccc(C#N)c(N)c1)C(C)COC. The fourth-order valence-corrected chi connectivity index (χ4v) is 1.91. The van der Waals surface area contributed by atoms with Gasteiger partial charge < -0.3 is 15.4 Å². The molecule has 1 rings (SSSR count). The summed E-state index contributed by atoms with van der Waals surface area (Å²) in [6, 6.07) is 7.86. The van der Waals surface area contributed by atoms with E-state index in [2.05, 4.69) is 24.8 Å². The van der Waals surface area contributed by atoms with Crippen molar-refractivity contribution in [1.82, 2.24) is 0 Å². The predicted octanol–water partition coefficient (Wildman–Crippen LogP) is 2.00. The van der Waals surface area contributed by atoms with Gasteiger partial charge in [0, 0.05) is 25.4 Å². The summed E-state index contributed by atoms with van der Waals surface area (Å²) in [4.78, 5) is 2.20. The first-order valence-electron chi connectivity index (χ1n) is 5.69. The first-order valence-corrected chi connectivity index (χ1v) is 5.69. The van der Waals surface area contributed by atoms with Gasteiger partial charge in [0.05, 0.1) is 17.9 Å². The molecule has 1 unspecified atom stereocenters. The Balaban J connectivity index is 2.97. The molecule has 0 fully saturated rings. The third-order valence-corrected chi connectivity index (χ3v) is 2.77. The number of likely N-dealkylation sites (N-methyl/N-ethyl adjacent to an activating group) is 1. The largest absolute Gasteiger partial charge is 0.398 e. The van der Waals surface area contributed by atoms with Gasteiger partial charge in [0.2, 0.25) is 0 Å². The number of nitriles is 1. The van der Waals surface area contributed by atoms with Gasteiger partial charge in [-0.1, -0.05) is 0 Å². The third-order valence-electron chi connectivity index (χ3n) is 2.77. The van der Waals surface area contributed by atoms with E-state index in [1.54, 1.807) is 13.2 Å². The highest BCUT2D eigenvalue weighted by molar-refractivity contribution is 5.63. The predicted molar refractivity (Wildman–Crippen MR) is 69.9 cm³/mol. The second kappa shape index (κ2) is 6.12. The standard InChI is InChI=1S/C13H19N3O/c1-4-16(10(2)9-17-3)12-6-5-11(8-14)13(15)7-12/h5-7,10H,4,9,15H2,1-3H3. The van der Waals surface area contributed by atoms with Crippen LogP contribution in [0.4, 0.5) is 11.4 Å². The number of nitrogen functional groups attached to an aromatic ring is 1. The molecule has 17 heavy (non-hydrogen) atoms. The van der Waals surface area contributed by atoms with Crippen molar-refractivity contribution in [3.63, 3.8) is 0 Å². The second-order valence-electron chi connectivity index (χ2n) is 3.97. The van der Waals surface area contributed by atoms with Gasteiger partial charge in [-0.15, -0.1) is 0 Å². The number of nitrogens with two attached hydrogens (primary N) is 1. The van der Waals surface area contributed by atoms with Crippen molar-refractivity contribution >= 4 is 11.4 Å². The molecule has 4 heteroatoms. The number of anilines is 2. The normalized spacial score (nSPS) is 11.9. The van der Waals surface area contributed by atoms with Crippen LogP contribution in [0.2, 0.25) is 0 Å². The Kier molecular flexibility index (Phi) is 4.80. The van der Waals surface area contributed by atoms with Crippen LogP contribution in [0.25, 0.3) is 0 Å². The molecule has 0 bridgehead atoms. The highest BCUT2D eigenvalue weighted by Gasteiger charge is 2.13. The maximum atomic E-state index is 8.83. The van der Waals surface area contributed by atoms with Gasteiger partial charge in [-0.05, 0) is 32.0 Å². The Hall–Kier alpha value is -1.73. The van der Waals surface area contributed by atoms with Crippen LogP contribution in [0.15, 0.2) is 18.2 Å². The lowest BCUT2D eigenvalue weighted by Crippen LogP contribution is -2.36. The fourth-order valence-electron chi connectivity index (χ4n) is 1.91. The van der Waals surface area contributed by atoms with Crippen LogP contribution in [0.3, 0.4) is 0 Å². The fraction of sp³-hybridized carbons (Fsp3) is 0.462. The molecule has 0 amide bonds. The third kappa shape index (κ3) is 3.11. The van der Waals surface area contributed by atoms with E-state index in [1.165, 1.54) is 0 Å². The van der Waals surface area contributed by atoms with Crippen molar-refractivity contribution in [2.45, 2.75) is 19.9 Å². The molecule has 4 nitrogen and oxygen atoms in total. The summed E-state index contributed by atoms with van der Waals surface area (Å²) in [6.45, 7) is 5.71. The Morgan fingerprint density at radius 2 is 2.24 bits per heavy atom. The molecular formula is C13H19N3O. The van der Waals surface area contributed by atoms with Gasteiger partial charge in [0.25, 0.3) is 0 Å². The number of hydrogen-bond acceptors (Lipinski definition) is 4. The lowest BCUT2D eigenvalue weighted by molar-refractivity contribution is 0.182. The molecule has 0 aliphatic carbocycles. The number of methoxy groups -OCH3 is 1. The number of hydrogen-bond donors (Lipinski definition) is 1. The molecule has 1 aromatic carbocycles. The molecule has 0 radical (unpaired) electrons. The van der Waals surface area contributed by atoms with E-state index in [-0.39, 0.29) is 6.04 Å².